The lowest BCUT2D eigenvalue weighted by atomic mass is 10.1. The molecule has 1 heterocycles. The maximum atomic E-state index is 12.4. The third-order valence-corrected chi connectivity index (χ3v) is 5.15. The molecule has 1 aromatic heterocycles. The zero-order chi connectivity index (χ0) is 21.5. The van der Waals surface area contributed by atoms with E-state index in [1.807, 2.05) is 36.5 Å². The quantitative estimate of drug-likeness (QED) is 0.421. The number of rotatable bonds is 9. The van der Waals surface area contributed by atoms with Crippen LogP contribution in [-0.2, 0) is 11.3 Å². The van der Waals surface area contributed by atoms with Crippen LogP contribution >= 0.6 is 0 Å². The average Bonchev–Trinajstić information content (AvgIpc) is 3.18. The molecule has 0 aliphatic rings. The molecule has 0 saturated heterocycles. The molecular weight excluding hydrogens is 380 g/mol. The summed E-state index contributed by atoms with van der Waals surface area (Å²) in [5, 5.41) is 3.98. The monoisotopic (exact) mass is 408 g/mol. The van der Waals surface area contributed by atoms with Crippen LogP contribution in [0.1, 0.15) is 52.5 Å². The third-order valence-electron chi connectivity index (χ3n) is 5.15. The number of benzene rings is 2. The Balaban J connectivity index is 1.78. The average molecular weight is 408 g/mol. The SMILES string of the molecule is CCCCCNC(=O)c1ccc2c(ccn2Cc2ccc(C(=O)OC)cc2OC)c1. The molecule has 6 heteroatoms. The number of ether oxygens (including phenoxy) is 2. The number of methoxy groups -OCH3 is 2. The largest absolute Gasteiger partial charge is 0.496 e. The molecule has 3 rings (SSSR count). The maximum absolute atomic E-state index is 12.4. The van der Waals surface area contributed by atoms with Crippen LogP contribution < -0.4 is 10.1 Å². The molecule has 158 valence electrons. The molecule has 0 spiro atoms. The van der Waals surface area contributed by atoms with E-state index in [4.69, 9.17) is 9.47 Å². The fourth-order valence-corrected chi connectivity index (χ4v) is 3.46. The summed E-state index contributed by atoms with van der Waals surface area (Å²) in [6.45, 7) is 3.42. The van der Waals surface area contributed by atoms with Gasteiger partial charge in [-0.3, -0.25) is 4.79 Å². The topological polar surface area (TPSA) is 69.6 Å². The predicted octanol–water partition coefficient (Wildman–Crippen LogP) is 4.40. The van der Waals surface area contributed by atoms with Crippen molar-refractivity contribution in [2.24, 2.45) is 0 Å². The molecular formula is C24H28N2O4. The summed E-state index contributed by atoms with van der Waals surface area (Å²) in [7, 11) is 2.94. The van der Waals surface area contributed by atoms with Gasteiger partial charge in [-0.1, -0.05) is 25.8 Å². The number of unbranched alkanes of at least 4 members (excludes halogenated alkanes) is 2. The fourth-order valence-electron chi connectivity index (χ4n) is 3.46. The van der Waals surface area contributed by atoms with E-state index in [2.05, 4.69) is 16.8 Å². The Hall–Kier alpha value is -3.28. The smallest absolute Gasteiger partial charge is 0.337 e. The number of carbonyl (C=O) groups is 2. The van der Waals surface area contributed by atoms with E-state index < -0.39 is 5.97 Å². The van der Waals surface area contributed by atoms with Crippen molar-refractivity contribution in [2.75, 3.05) is 20.8 Å². The minimum absolute atomic E-state index is 0.0409. The van der Waals surface area contributed by atoms with Crippen molar-refractivity contribution in [1.29, 1.82) is 0 Å². The van der Waals surface area contributed by atoms with Crippen LogP contribution in [0.15, 0.2) is 48.7 Å². The lowest BCUT2D eigenvalue weighted by Crippen LogP contribution is -2.24. The van der Waals surface area contributed by atoms with Crippen LogP contribution in [0, 0.1) is 0 Å². The van der Waals surface area contributed by atoms with E-state index in [0.717, 1.165) is 35.7 Å². The summed E-state index contributed by atoms with van der Waals surface area (Å²) in [6.07, 6.45) is 5.23. The van der Waals surface area contributed by atoms with E-state index in [1.165, 1.54) is 7.11 Å². The van der Waals surface area contributed by atoms with Gasteiger partial charge in [-0.25, -0.2) is 4.79 Å². The Kier molecular flexibility index (Phi) is 7.12. The summed E-state index contributed by atoms with van der Waals surface area (Å²) in [6, 6.07) is 13.0. The van der Waals surface area contributed by atoms with Gasteiger partial charge in [0.05, 0.1) is 26.3 Å². The summed E-state index contributed by atoms with van der Waals surface area (Å²) in [5.74, 6) is 0.190. The van der Waals surface area contributed by atoms with Gasteiger partial charge in [0.1, 0.15) is 5.75 Å². The normalized spacial score (nSPS) is 10.8. The highest BCUT2D eigenvalue weighted by atomic mass is 16.5. The molecule has 1 amide bonds. The van der Waals surface area contributed by atoms with Gasteiger partial charge in [0.25, 0.3) is 5.91 Å². The van der Waals surface area contributed by atoms with Crippen LogP contribution in [0.4, 0.5) is 0 Å². The zero-order valence-electron chi connectivity index (χ0n) is 17.7. The van der Waals surface area contributed by atoms with Gasteiger partial charge >= 0.3 is 5.97 Å². The molecule has 0 radical (unpaired) electrons. The van der Waals surface area contributed by atoms with E-state index in [0.29, 0.717) is 30.0 Å². The minimum Gasteiger partial charge on any atom is -0.496 e. The third kappa shape index (κ3) is 4.82. The highest BCUT2D eigenvalue weighted by Crippen LogP contribution is 2.25. The highest BCUT2D eigenvalue weighted by molar-refractivity contribution is 5.98. The van der Waals surface area contributed by atoms with Crippen LogP contribution in [0.5, 0.6) is 5.75 Å². The van der Waals surface area contributed by atoms with Gasteiger partial charge in [0, 0.05) is 34.8 Å². The van der Waals surface area contributed by atoms with E-state index in [-0.39, 0.29) is 5.91 Å². The van der Waals surface area contributed by atoms with Gasteiger partial charge < -0.3 is 19.4 Å². The van der Waals surface area contributed by atoms with Gasteiger partial charge in [-0.15, -0.1) is 0 Å². The second-order valence-electron chi connectivity index (χ2n) is 7.20. The van der Waals surface area contributed by atoms with Gasteiger partial charge in [0.15, 0.2) is 0 Å². The number of carbonyl (C=O) groups excluding carboxylic acids is 2. The molecule has 0 saturated carbocycles. The number of nitrogens with zero attached hydrogens (tertiary/aromatic N) is 1. The van der Waals surface area contributed by atoms with Crippen molar-refractivity contribution in [2.45, 2.75) is 32.7 Å². The van der Waals surface area contributed by atoms with Crippen LogP contribution in [0.25, 0.3) is 10.9 Å². The van der Waals surface area contributed by atoms with Crippen molar-refractivity contribution in [3.8, 4) is 5.75 Å². The molecule has 0 aliphatic heterocycles. The second kappa shape index (κ2) is 9.96. The molecule has 2 aromatic carbocycles. The van der Waals surface area contributed by atoms with Crippen molar-refractivity contribution in [1.82, 2.24) is 9.88 Å². The Morgan fingerprint density at radius 3 is 2.53 bits per heavy atom. The van der Waals surface area contributed by atoms with Crippen LogP contribution in [0.2, 0.25) is 0 Å². The molecule has 6 nitrogen and oxygen atoms in total. The molecule has 0 unspecified atom stereocenters. The number of amides is 1. The first-order valence-corrected chi connectivity index (χ1v) is 10.2. The van der Waals surface area contributed by atoms with E-state index in [9.17, 15) is 9.59 Å². The molecule has 30 heavy (non-hydrogen) atoms. The first kappa shape index (κ1) is 21.4. The summed E-state index contributed by atoms with van der Waals surface area (Å²) >= 11 is 0. The Bertz CT molecular complexity index is 1040. The number of aromatic nitrogens is 1. The minimum atomic E-state index is -0.397. The van der Waals surface area contributed by atoms with Gasteiger partial charge in [-0.2, -0.15) is 0 Å². The summed E-state index contributed by atoms with van der Waals surface area (Å²) in [4.78, 5) is 24.1. The first-order valence-electron chi connectivity index (χ1n) is 10.2. The van der Waals surface area contributed by atoms with Crippen LogP contribution in [0.3, 0.4) is 0 Å². The predicted molar refractivity (Wildman–Crippen MR) is 117 cm³/mol. The van der Waals surface area contributed by atoms with Crippen molar-refractivity contribution in [3.63, 3.8) is 0 Å². The molecule has 0 aliphatic carbocycles. The number of nitrogens with one attached hydrogen (secondary N) is 1. The second-order valence-corrected chi connectivity index (χ2v) is 7.20. The standard InChI is InChI=1S/C24H28N2O4/c1-4-5-6-12-25-23(27)18-9-10-21-17(14-18)11-13-26(21)16-20-8-7-19(24(28)30-3)15-22(20)29-2/h7-11,13-15H,4-6,12,16H2,1-3H3,(H,25,27). The zero-order valence-corrected chi connectivity index (χ0v) is 17.7. The molecule has 3 aromatic rings. The van der Waals surface area contributed by atoms with Crippen molar-refractivity contribution < 1.29 is 19.1 Å². The fraction of sp³-hybridized carbons (Fsp3) is 0.333. The Morgan fingerprint density at radius 1 is 1.00 bits per heavy atom. The molecule has 1 N–H and O–H groups in total. The number of fused-ring (bicyclic) bond motifs is 1. The summed E-state index contributed by atoms with van der Waals surface area (Å²) in [5.41, 5.74) is 3.08. The number of hydrogen-bond acceptors (Lipinski definition) is 4. The molecule has 0 atom stereocenters. The van der Waals surface area contributed by atoms with Gasteiger partial charge in [0.2, 0.25) is 0 Å². The van der Waals surface area contributed by atoms with E-state index >= 15 is 0 Å². The molecule has 0 bridgehead atoms. The Labute approximate surface area is 176 Å². The van der Waals surface area contributed by atoms with Crippen LogP contribution in [-0.4, -0.2) is 37.2 Å². The number of esters is 1. The van der Waals surface area contributed by atoms with Crippen molar-refractivity contribution in [3.05, 3.63) is 65.4 Å². The first-order chi connectivity index (χ1) is 14.6. The van der Waals surface area contributed by atoms with Gasteiger partial charge in [-0.05, 0) is 42.8 Å². The lowest BCUT2D eigenvalue weighted by molar-refractivity contribution is 0.0600. The lowest BCUT2D eigenvalue weighted by Gasteiger charge is -2.12. The highest BCUT2D eigenvalue weighted by Gasteiger charge is 2.13. The van der Waals surface area contributed by atoms with E-state index in [1.54, 1.807) is 19.2 Å². The number of hydrogen-bond donors (Lipinski definition) is 1. The Morgan fingerprint density at radius 2 is 1.80 bits per heavy atom. The van der Waals surface area contributed by atoms with Crippen molar-refractivity contribution >= 4 is 22.8 Å². The molecule has 0 fully saturated rings. The summed E-state index contributed by atoms with van der Waals surface area (Å²) < 4.78 is 12.3. The maximum Gasteiger partial charge on any atom is 0.337 e.